The van der Waals surface area contributed by atoms with E-state index in [1.807, 2.05) is 48.5 Å². The average Bonchev–Trinajstić information content (AvgIpc) is 3.05. The van der Waals surface area contributed by atoms with Crippen LogP contribution in [0.3, 0.4) is 0 Å². The molecule has 25 heavy (non-hydrogen) atoms. The van der Waals surface area contributed by atoms with Crippen molar-refractivity contribution in [2.24, 2.45) is 0 Å². The van der Waals surface area contributed by atoms with Crippen LogP contribution in [0.25, 0.3) is 33.7 Å². The molecule has 4 rings (SSSR count). The van der Waals surface area contributed by atoms with Crippen molar-refractivity contribution in [2.75, 3.05) is 0 Å². The van der Waals surface area contributed by atoms with E-state index in [4.69, 9.17) is 0 Å². The molecule has 2 heterocycles. The Bertz CT molecular complexity index is 983. The van der Waals surface area contributed by atoms with Gasteiger partial charge in [-0.05, 0) is 24.3 Å². The smallest absolute Gasteiger partial charge is 0.338 e. The predicted octanol–water partition coefficient (Wildman–Crippen LogP) is 5.31. The third kappa shape index (κ3) is 2.98. The van der Waals surface area contributed by atoms with Gasteiger partial charge in [0.05, 0.1) is 22.3 Å². The van der Waals surface area contributed by atoms with E-state index in [1.54, 1.807) is 0 Å². The van der Waals surface area contributed by atoms with Gasteiger partial charge in [0.25, 0.3) is 0 Å². The molecule has 0 fully saturated rings. The number of fused-ring (bicyclic) bond motifs is 1. The Morgan fingerprint density at radius 3 is 2.16 bits per heavy atom. The highest BCUT2D eigenvalue weighted by molar-refractivity contribution is 5.79. The number of nitrogens with one attached hydrogen (secondary N) is 1. The first kappa shape index (κ1) is 15.4. The second-order valence-corrected chi connectivity index (χ2v) is 5.61. The molecule has 0 radical (unpaired) electrons. The van der Waals surface area contributed by atoms with Crippen molar-refractivity contribution in [1.82, 2.24) is 15.0 Å². The van der Waals surface area contributed by atoms with Gasteiger partial charge < -0.3 is 4.98 Å². The average molecular weight is 339 g/mol. The highest BCUT2D eigenvalue weighted by atomic mass is 19.4. The number of aromatic nitrogens is 3. The molecule has 0 saturated heterocycles. The van der Waals surface area contributed by atoms with Gasteiger partial charge in [-0.25, -0.2) is 4.98 Å². The number of benzene rings is 2. The number of H-pyrrole nitrogens is 1. The predicted molar refractivity (Wildman–Crippen MR) is 89.8 cm³/mol. The van der Waals surface area contributed by atoms with Gasteiger partial charge in [0, 0.05) is 17.3 Å². The minimum absolute atomic E-state index is 0.490. The number of aromatic amines is 1. The van der Waals surface area contributed by atoms with E-state index in [0.29, 0.717) is 5.69 Å². The number of nitrogens with zero attached hydrogens (tertiary/aromatic N) is 2. The lowest BCUT2D eigenvalue weighted by Crippen LogP contribution is -2.05. The first-order valence-electron chi connectivity index (χ1n) is 7.59. The van der Waals surface area contributed by atoms with Crippen LogP contribution < -0.4 is 0 Å². The number of rotatable bonds is 2. The lowest BCUT2D eigenvalue weighted by Gasteiger charge is -2.07. The van der Waals surface area contributed by atoms with Crippen LogP contribution in [0.1, 0.15) is 5.56 Å². The first-order chi connectivity index (χ1) is 12.0. The highest BCUT2D eigenvalue weighted by Crippen LogP contribution is 2.30. The second kappa shape index (κ2) is 5.73. The number of para-hydroxylation sites is 2. The molecule has 6 heteroatoms. The summed E-state index contributed by atoms with van der Waals surface area (Å²) >= 11 is 0. The molecule has 0 atom stereocenters. The van der Waals surface area contributed by atoms with Crippen molar-refractivity contribution in [1.29, 1.82) is 0 Å². The maximum Gasteiger partial charge on any atom is 0.417 e. The largest absolute Gasteiger partial charge is 0.417 e. The van der Waals surface area contributed by atoms with Gasteiger partial charge in [-0.1, -0.05) is 36.4 Å². The Morgan fingerprint density at radius 2 is 1.52 bits per heavy atom. The Morgan fingerprint density at radius 1 is 0.800 bits per heavy atom. The number of hydrogen-bond donors (Lipinski definition) is 1. The molecule has 0 aliphatic rings. The summed E-state index contributed by atoms with van der Waals surface area (Å²) in [4.78, 5) is 11.7. The SMILES string of the molecule is FC(F)(F)c1ccc(-c2ccc(-c3nc4ccccc4[nH]3)cc2)nc1. The van der Waals surface area contributed by atoms with Gasteiger partial charge in [0.15, 0.2) is 0 Å². The zero-order valence-electron chi connectivity index (χ0n) is 12.9. The maximum atomic E-state index is 12.6. The van der Waals surface area contributed by atoms with Gasteiger partial charge in [0.1, 0.15) is 5.82 Å². The van der Waals surface area contributed by atoms with Crippen LogP contribution >= 0.6 is 0 Å². The van der Waals surface area contributed by atoms with E-state index >= 15 is 0 Å². The molecular weight excluding hydrogens is 327 g/mol. The number of imidazole rings is 1. The minimum Gasteiger partial charge on any atom is -0.338 e. The van der Waals surface area contributed by atoms with E-state index in [9.17, 15) is 13.2 Å². The zero-order chi connectivity index (χ0) is 17.4. The molecule has 0 saturated carbocycles. The summed E-state index contributed by atoms with van der Waals surface area (Å²) in [5.41, 5.74) is 3.21. The zero-order valence-corrected chi connectivity index (χ0v) is 12.9. The van der Waals surface area contributed by atoms with E-state index < -0.39 is 11.7 Å². The van der Waals surface area contributed by atoms with Crippen molar-refractivity contribution < 1.29 is 13.2 Å². The quantitative estimate of drug-likeness (QED) is 0.538. The van der Waals surface area contributed by atoms with Crippen molar-refractivity contribution >= 4 is 11.0 Å². The molecular formula is C19H12F3N3. The van der Waals surface area contributed by atoms with Crippen molar-refractivity contribution in [2.45, 2.75) is 6.18 Å². The molecule has 3 nitrogen and oxygen atoms in total. The summed E-state index contributed by atoms with van der Waals surface area (Å²) in [6.07, 6.45) is -3.53. The molecule has 0 amide bonds. The second-order valence-electron chi connectivity index (χ2n) is 5.61. The molecule has 0 unspecified atom stereocenters. The van der Waals surface area contributed by atoms with Crippen LogP contribution in [0, 0.1) is 0 Å². The summed E-state index contributed by atoms with van der Waals surface area (Å²) in [6, 6.07) is 17.5. The third-order valence-corrected chi connectivity index (χ3v) is 3.93. The van der Waals surface area contributed by atoms with Crippen LogP contribution in [0.5, 0.6) is 0 Å². The van der Waals surface area contributed by atoms with Crippen molar-refractivity contribution in [3.8, 4) is 22.6 Å². The molecule has 2 aromatic heterocycles. The number of hydrogen-bond acceptors (Lipinski definition) is 2. The van der Waals surface area contributed by atoms with Crippen molar-refractivity contribution in [3.05, 3.63) is 72.4 Å². The van der Waals surface area contributed by atoms with Gasteiger partial charge >= 0.3 is 6.18 Å². The Labute approximate surface area is 141 Å². The molecule has 124 valence electrons. The Balaban J connectivity index is 1.63. The Kier molecular flexibility index (Phi) is 3.53. The molecule has 2 aromatic carbocycles. The molecule has 4 aromatic rings. The van der Waals surface area contributed by atoms with Crippen molar-refractivity contribution in [3.63, 3.8) is 0 Å². The van der Waals surface area contributed by atoms with Crippen LogP contribution in [0.4, 0.5) is 13.2 Å². The summed E-state index contributed by atoms with van der Waals surface area (Å²) in [5.74, 6) is 0.744. The summed E-state index contributed by atoms with van der Waals surface area (Å²) in [6.45, 7) is 0. The summed E-state index contributed by atoms with van der Waals surface area (Å²) in [7, 11) is 0. The van der Waals surface area contributed by atoms with Crippen LogP contribution in [0.15, 0.2) is 66.9 Å². The lowest BCUT2D eigenvalue weighted by atomic mass is 10.1. The van der Waals surface area contributed by atoms with E-state index in [-0.39, 0.29) is 0 Å². The monoisotopic (exact) mass is 339 g/mol. The molecule has 0 aliphatic carbocycles. The Hall–Kier alpha value is -3.15. The van der Waals surface area contributed by atoms with Crippen LogP contribution in [0.2, 0.25) is 0 Å². The number of alkyl halides is 3. The van der Waals surface area contributed by atoms with Crippen LogP contribution in [-0.2, 0) is 6.18 Å². The van der Waals surface area contributed by atoms with E-state index in [2.05, 4.69) is 15.0 Å². The molecule has 0 aliphatic heterocycles. The van der Waals surface area contributed by atoms with Gasteiger partial charge in [-0.2, -0.15) is 13.2 Å². The molecule has 0 bridgehead atoms. The summed E-state index contributed by atoms with van der Waals surface area (Å²) < 4.78 is 37.8. The third-order valence-electron chi connectivity index (χ3n) is 3.93. The van der Waals surface area contributed by atoms with Gasteiger partial charge in [-0.3, -0.25) is 4.98 Å². The number of halogens is 3. The van der Waals surface area contributed by atoms with Crippen LogP contribution in [-0.4, -0.2) is 15.0 Å². The molecule has 0 spiro atoms. The fourth-order valence-electron chi connectivity index (χ4n) is 2.62. The number of pyridine rings is 1. The fourth-order valence-corrected chi connectivity index (χ4v) is 2.62. The first-order valence-corrected chi connectivity index (χ1v) is 7.59. The molecule has 1 N–H and O–H groups in total. The minimum atomic E-state index is -4.38. The van der Waals surface area contributed by atoms with E-state index in [0.717, 1.165) is 40.2 Å². The van der Waals surface area contributed by atoms with Gasteiger partial charge in [0.2, 0.25) is 0 Å². The van der Waals surface area contributed by atoms with E-state index in [1.165, 1.54) is 6.07 Å². The highest BCUT2D eigenvalue weighted by Gasteiger charge is 2.30. The lowest BCUT2D eigenvalue weighted by molar-refractivity contribution is -0.137. The normalized spacial score (nSPS) is 11.8. The topological polar surface area (TPSA) is 41.6 Å². The maximum absolute atomic E-state index is 12.6. The van der Waals surface area contributed by atoms with Gasteiger partial charge in [-0.15, -0.1) is 0 Å². The standard InChI is InChI=1S/C19H12F3N3/c20-19(21,22)14-9-10-15(23-11-14)12-5-7-13(8-6-12)18-24-16-3-1-2-4-17(16)25-18/h1-11H,(H,24,25). The summed E-state index contributed by atoms with van der Waals surface area (Å²) in [5, 5.41) is 0. The fraction of sp³-hybridized carbons (Fsp3) is 0.0526.